The van der Waals surface area contributed by atoms with Gasteiger partial charge in [0.1, 0.15) is 12.4 Å². The maximum Gasteiger partial charge on any atom is 0.433 e. The zero-order valence-corrected chi connectivity index (χ0v) is 13.2. The summed E-state index contributed by atoms with van der Waals surface area (Å²) in [5, 5.41) is 24.3. The number of anilines is 3. The smallest absolute Gasteiger partial charge is 0.433 e. The van der Waals surface area contributed by atoms with Crippen LogP contribution in [-0.2, 0) is 11.0 Å². The van der Waals surface area contributed by atoms with E-state index in [0.29, 0.717) is 6.07 Å². The number of nitro groups is 1. The summed E-state index contributed by atoms with van der Waals surface area (Å²) in [7, 11) is 0. The fourth-order valence-electron chi connectivity index (χ4n) is 1.98. The highest BCUT2D eigenvalue weighted by molar-refractivity contribution is 5.72. The lowest BCUT2D eigenvalue weighted by Crippen LogP contribution is -2.17. The van der Waals surface area contributed by atoms with Crippen LogP contribution in [0.1, 0.15) is 11.3 Å². The van der Waals surface area contributed by atoms with Gasteiger partial charge in [0, 0.05) is 17.8 Å². The van der Waals surface area contributed by atoms with Crippen molar-refractivity contribution >= 4 is 29.1 Å². The van der Waals surface area contributed by atoms with Crippen LogP contribution in [0.25, 0.3) is 0 Å². The van der Waals surface area contributed by atoms with Gasteiger partial charge < -0.3 is 15.7 Å². The highest BCUT2D eigenvalue weighted by Crippen LogP contribution is 2.32. The molecule has 0 aliphatic carbocycles. The van der Waals surface area contributed by atoms with E-state index >= 15 is 0 Å². The second-order valence-corrected chi connectivity index (χ2v) is 5.04. The molecule has 0 atom stereocenters. The van der Waals surface area contributed by atoms with Crippen LogP contribution in [0.2, 0.25) is 0 Å². The lowest BCUT2D eigenvalue weighted by molar-refractivity contribution is -0.385. The zero-order valence-electron chi connectivity index (χ0n) is 13.2. The molecule has 0 bridgehead atoms. The molecule has 1 heterocycles. The number of rotatable bonds is 6. The van der Waals surface area contributed by atoms with Gasteiger partial charge in [0.15, 0.2) is 5.69 Å². The SMILES string of the molecule is Cc1c(Nc2cc(C(F)(F)F)nc(NCC(=O)O)n2)cccc1[N+](=O)[O-]. The summed E-state index contributed by atoms with van der Waals surface area (Å²) in [6.45, 7) is 0.743. The fourth-order valence-corrected chi connectivity index (χ4v) is 1.98. The van der Waals surface area contributed by atoms with Crippen LogP contribution >= 0.6 is 0 Å². The van der Waals surface area contributed by atoms with Gasteiger partial charge in [-0.05, 0) is 13.0 Å². The molecule has 0 fully saturated rings. The van der Waals surface area contributed by atoms with Crippen LogP contribution in [0.3, 0.4) is 0 Å². The number of nitrogens with zero attached hydrogens (tertiary/aromatic N) is 3. The van der Waals surface area contributed by atoms with E-state index in [-0.39, 0.29) is 22.8 Å². The third kappa shape index (κ3) is 4.55. The van der Waals surface area contributed by atoms with Crippen LogP contribution in [0.15, 0.2) is 24.3 Å². The third-order valence-electron chi connectivity index (χ3n) is 3.18. The number of carbonyl (C=O) groups is 1. The molecule has 1 aromatic carbocycles. The maximum absolute atomic E-state index is 13.0. The van der Waals surface area contributed by atoms with Gasteiger partial charge in [0.2, 0.25) is 5.95 Å². The number of hydrogen-bond acceptors (Lipinski definition) is 7. The Bertz CT molecular complexity index is 857. The summed E-state index contributed by atoms with van der Waals surface area (Å²) in [5.41, 5.74) is -1.14. The van der Waals surface area contributed by atoms with Crippen molar-refractivity contribution < 1.29 is 28.0 Å². The molecule has 2 rings (SSSR count). The highest BCUT2D eigenvalue weighted by Gasteiger charge is 2.34. The number of benzene rings is 1. The summed E-state index contributed by atoms with van der Waals surface area (Å²) in [5.74, 6) is -2.16. The molecule has 1 aromatic heterocycles. The summed E-state index contributed by atoms with van der Waals surface area (Å²) in [6, 6.07) is 4.66. The van der Waals surface area contributed by atoms with Gasteiger partial charge in [-0.1, -0.05) is 6.07 Å². The van der Waals surface area contributed by atoms with Crippen LogP contribution in [-0.4, -0.2) is 32.5 Å². The largest absolute Gasteiger partial charge is 0.480 e. The minimum absolute atomic E-state index is 0.176. The van der Waals surface area contributed by atoms with Crippen molar-refractivity contribution in [2.75, 3.05) is 17.2 Å². The summed E-state index contributed by atoms with van der Waals surface area (Å²) >= 11 is 0. The molecule has 0 saturated heterocycles. The number of alkyl halides is 3. The minimum Gasteiger partial charge on any atom is -0.480 e. The first-order valence-electron chi connectivity index (χ1n) is 7.01. The number of carboxylic acids is 1. The molecule has 2 aromatic rings. The Morgan fingerprint density at radius 3 is 2.62 bits per heavy atom. The molecule has 0 amide bonds. The number of carboxylic acid groups (broad SMARTS) is 1. The average Bonchev–Trinajstić information content (AvgIpc) is 2.53. The van der Waals surface area contributed by atoms with Crippen LogP contribution in [0.4, 0.5) is 36.3 Å². The first kappa shape index (κ1) is 18.9. The Labute approximate surface area is 144 Å². The van der Waals surface area contributed by atoms with E-state index in [1.807, 2.05) is 0 Å². The molecule has 0 unspecified atom stereocenters. The second-order valence-electron chi connectivity index (χ2n) is 5.04. The van der Waals surface area contributed by atoms with E-state index < -0.39 is 35.3 Å². The zero-order chi connectivity index (χ0) is 19.5. The number of halogens is 3. The first-order valence-corrected chi connectivity index (χ1v) is 7.01. The molecule has 3 N–H and O–H groups in total. The van der Waals surface area contributed by atoms with Gasteiger partial charge in [-0.2, -0.15) is 18.2 Å². The molecule has 0 saturated carbocycles. The van der Waals surface area contributed by atoms with Crippen molar-refractivity contribution in [2.45, 2.75) is 13.1 Å². The van der Waals surface area contributed by atoms with E-state index in [2.05, 4.69) is 20.6 Å². The average molecular weight is 371 g/mol. The van der Waals surface area contributed by atoms with Crippen molar-refractivity contribution in [1.82, 2.24) is 9.97 Å². The molecule has 0 aliphatic rings. The van der Waals surface area contributed by atoms with Gasteiger partial charge in [-0.15, -0.1) is 0 Å². The van der Waals surface area contributed by atoms with Gasteiger partial charge in [-0.3, -0.25) is 14.9 Å². The summed E-state index contributed by atoms with van der Waals surface area (Å²) < 4.78 is 38.9. The van der Waals surface area contributed by atoms with Gasteiger partial charge in [-0.25, -0.2) is 4.98 Å². The van der Waals surface area contributed by atoms with E-state index in [4.69, 9.17) is 5.11 Å². The fraction of sp³-hybridized carbons (Fsp3) is 0.214. The molecule has 0 aliphatic heterocycles. The number of nitro benzene ring substituents is 1. The van der Waals surface area contributed by atoms with Gasteiger partial charge in [0.05, 0.1) is 10.5 Å². The lowest BCUT2D eigenvalue weighted by atomic mass is 10.1. The Balaban J connectivity index is 2.42. The normalized spacial score (nSPS) is 11.1. The predicted molar refractivity (Wildman–Crippen MR) is 84.3 cm³/mol. The topological polar surface area (TPSA) is 130 Å². The maximum atomic E-state index is 13.0. The number of nitrogens with one attached hydrogen (secondary N) is 2. The number of aromatic nitrogens is 2. The molecule has 9 nitrogen and oxygen atoms in total. The molecule has 0 radical (unpaired) electrons. The van der Waals surface area contributed by atoms with Crippen molar-refractivity contribution in [3.63, 3.8) is 0 Å². The van der Waals surface area contributed by atoms with Gasteiger partial charge >= 0.3 is 12.1 Å². The van der Waals surface area contributed by atoms with Crippen LogP contribution < -0.4 is 10.6 Å². The van der Waals surface area contributed by atoms with Crippen molar-refractivity contribution in [3.05, 3.63) is 45.6 Å². The first-order chi connectivity index (χ1) is 12.1. The van der Waals surface area contributed by atoms with E-state index in [0.717, 1.165) is 0 Å². The Kier molecular flexibility index (Phi) is 5.24. The molecule has 26 heavy (non-hydrogen) atoms. The van der Waals surface area contributed by atoms with Crippen LogP contribution in [0.5, 0.6) is 0 Å². The third-order valence-corrected chi connectivity index (χ3v) is 3.18. The second kappa shape index (κ2) is 7.21. The van der Waals surface area contributed by atoms with Crippen LogP contribution in [0, 0.1) is 17.0 Å². The predicted octanol–water partition coefficient (Wildman–Crippen LogP) is 2.95. The van der Waals surface area contributed by atoms with E-state index in [1.54, 1.807) is 0 Å². The minimum atomic E-state index is -4.79. The van der Waals surface area contributed by atoms with Crippen molar-refractivity contribution in [3.8, 4) is 0 Å². The molecular formula is C14H12F3N5O4. The Hall–Kier alpha value is -3.44. The highest BCUT2D eigenvalue weighted by atomic mass is 19.4. The monoisotopic (exact) mass is 371 g/mol. The lowest BCUT2D eigenvalue weighted by Gasteiger charge is -2.13. The molecule has 0 spiro atoms. The Morgan fingerprint density at radius 2 is 2.04 bits per heavy atom. The summed E-state index contributed by atoms with van der Waals surface area (Å²) in [4.78, 5) is 27.9. The van der Waals surface area contributed by atoms with Gasteiger partial charge in [0.25, 0.3) is 5.69 Å². The Morgan fingerprint density at radius 1 is 1.35 bits per heavy atom. The number of hydrogen-bond donors (Lipinski definition) is 3. The number of aliphatic carboxylic acids is 1. The molecular weight excluding hydrogens is 359 g/mol. The van der Waals surface area contributed by atoms with Crippen molar-refractivity contribution in [1.29, 1.82) is 0 Å². The quantitative estimate of drug-likeness (QED) is 0.522. The van der Waals surface area contributed by atoms with E-state index in [9.17, 15) is 28.1 Å². The summed E-state index contributed by atoms with van der Waals surface area (Å²) in [6.07, 6.45) is -4.79. The van der Waals surface area contributed by atoms with Crippen molar-refractivity contribution in [2.24, 2.45) is 0 Å². The standard InChI is InChI=1S/C14H12F3N5O4/c1-7-8(3-2-4-9(7)22(25)26)19-11-5-10(14(15,16)17)20-13(21-11)18-6-12(23)24/h2-5H,6H2,1H3,(H,23,24)(H2,18,19,20,21). The molecule has 12 heteroatoms. The molecule has 138 valence electrons. The van der Waals surface area contributed by atoms with E-state index in [1.165, 1.54) is 25.1 Å².